The topological polar surface area (TPSA) is 89.4 Å². The molecule has 35 heavy (non-hydrogen) atoms. The Balaban J connectivity index is 1.51. The summed E-state index contributed by atoms with van der Waals surface area (Å²) in [7, 11) is 2.18. The van der Waals surface area contributed by atoms with Gasteiger partial charge in [-0.05, 0) is 57.2 Å². The van der Waals surface area contributed by atoms with Crippen molar-refractivity contribution in [1.82, 2.24) is 24.8 Å². The number of anilines is 2. The first-order chi connectivity index (χ1) is 17.0. The van der Waals surface area contributed by atoms with Crippen LogP contribution in [-0.4, -0.2) is 81.3 Å². The molecule has 0 amide bonds. The molecular formula is C27H43N7O. The number of rotatable bonds is 10. The van der Waals surface area contributed by atoms with E-state index < -0.39 is 0 Å². The number of nitrogens with one attached hydrogen (secondary N) is 2. The van der Waals surface area contributed by atoms with Crippen molar-refractivity contribution in [3.8, 4) is 11.3 Å². The minimum atomic E-state index is -0.177. The van der Waals surface area contributed by atoms with Crippen LogP contribution in [0, 0.1) is 0 Å². The number of nitrogens with zero attached hydrogens (tertiary/aromatic N) is 5. The molecule has 1 atom stereocenters. The van der Waals surface area contributed by atoms with Crippen molar-refractivity contribution in [1.29, 1.82) is 0 Å². The summed E-state index contributed by atoms with van der Waals surface area (Å²) in [5.41, 5.74) is 3.05. The van der Waals surface area contributed by atoms with E-state index in [1.807, 2.05) is 12.4 Å². The van der Waals surface area contributed by atoms with E-state index in [0.717, 1.165) is 94.7 Å². The van der Waals surface area contributed by atoms with Crippen LogP contribution in [-0.2, 0) is 6.54 Å². The number of likely N-dealkylation sites (N-methyl/N-ethyl adjacent to an activating group) is 1. The second kappa shape index (κ2) is 12.6. The number of hydrogen-bond donors (Lipinski definition) is 3. The minimum absolute atomic E-state index is 0.177. The van der Waals surface area contributed by atoms with Crippen molar-refractivity contribution in [2.75, 3.05) is 43.9 Å². The third kappa shape index (κ3) is 7.35. The molecule has 1 aliphatic heterocycles. The van der Waals surface area contributed by atoms with E-state index in [1.54, 1.807) is 0 Å². The fourth-order valence-electron chi connectivity index (χ4n) is 5.01. The Hall–Kier alpha value is -2.29. The van der Waals surface area contributed by atoms with Gasteiger partial charge in [-0.1, -0.05) is 26.3 Å². The van der Waals surface area contributed by atoms with Crippen LogP contribution in [0.5, 0.6) is 0 Å². The van der Waals surface area contributed by atoms with Crippen LogP contribution in [0.2, 0.25) is 0 Å². The fraction of sp³-hybridized carbons (Fsp3) is 0.667. The summed E-state index contributed by atoms with van der Waals surface area (Å²) in [6, 6.07) is 4.95. The van der Waals surface area contributed by atoms with Crippen LogP contribution in [0.3, 0.4) is 0 Å². The van der Waals surface area contributed by atoms with E-state index in [-0.39, 0.29) is 6.10 Å². The number of hydrogen-bond acceptors (Lipinski definition) is 8. The van der Waals surface area contributed by atoms with E-state index in [1.165, 1.54) is 5.56 Å². The molecule has 1 aliphatic carbocycles. The summed E-state index contributed by atoms with van der Waals surface area (Å²) in [6.45, 7) is 9.77. The van der Waals surface area contributed by atoms with Crippen molar-refractivity contribution >= 4 is 11.8 Å². The van der Waals surface area contributed by atoms with Gasteiger partial charge in [0, 0.05) is 57.2 Å². The number of aromatic nitrogens is 3. The second-order valence-electron chi connectivity index (χ2n) is 10.3. The molecule has 1 saturated carbocycles. The van der Waals surface area contributed by atoms with Gasteiger partial charge >= 0.3 is 0 Å². The molecular weight excluding hydrogens is 438 g/mol. The largest absolute Gasteiger partial charge is 0.393 e. The van der Waals surface area contributed by atoms with Gasteiger partial charge in [-0.2, -0.15) is 4.98 Å². The lowest BCUT2D eigenvalue weighted by Crippen LogP contribution is -2.43. The molecule has 8 heteroatoms. The summed E-state index contributed by atoms with van der Waals surface area (Å²) in [4.78, 5) is 19.2. The number of aliphatic hydroxyl groups excluding tert-OH is 1. The molecule has 0 aromatic carbocycles. The van der Waals surface area contributed by atoms with Crippen LogP contribution in [0.1, 0.15) is 64.4 Å². The summed E-state index contributed by atoms with van der Waals surface area (Å²) in [5, 5.41) is 17.1. The predicted molar refractivity (Wildman–Crippen MR) is 143 cm³/mol. The van der Waals surface area contributed by atoms with Gasteiger partial charge in [-0.3, -0.25) is 9.88 Å². The van der Waals surface area contributed by atoms with E-state index in [2.05, 4.69) is 58.4 Å². The molecule has 8 nitrogen and oxygen atoms in total. The zero-order valence-corrected chi connectivity index (χ0v) is 21.7. The number of pyridine rings is 1. The highest BCUT2D eigenvalue weighted by atomic mass is 16.3. The third-order valence-electron chi connectivity index (χ3n) is 7.39. The molecule has 3 heterocycles. The van der Waals surface area contributed by atoms with Crippen LogP contribution in [0.25, 0.3) is 11.3 Å². The van der Waals surface area contributed by atoms with Gasteiger partial charge in [0.2, 0.25) is 5.95 Å². The standard InChI is InChI=1S/C27H43N7O/c1-4-6-21(5-2)31-27-29-18-24(26(32-27)30-22-8-10-23(35)11-9-22)25-12-7-20(17-28-25)19-34-15-13-33(3)14-16-34/h7,12,17-18,21-23,35H,4-6,8-11,13-16,19H2,1-3H3,(H2,29,30,31,32)/t21?,22-,23-. The first-order valence-electron chi connectivity index (χ1n) is 13.5. The lowest BCUT2D eigenvalue weighted by atomic mass is 9.93. The first kappa shape index (κ1) is 25.8. The summed E-state index contributed by atoms with van der Waals surface area (Å²) < 4.78 is 0. The average Bonchev–Trinajstić information content (AvgIpc) is 2.87. The third-order valence-corrected chi connectivity index (χ3v) is 7.39. The summed E-state index contributed by atoms with van der Waals surface area (Å²) in [5.74, 6) is 1.49. The maximum Gasteiger partial charge on any atom is 0.224 e. The lowest BCUT2D eigenvalue weighted by Gasteiger charge is -2.32. The van der Waals surface area contributed by atoms with Crippen molar-refractivity contribution in [2.24, 2.45) is 0 Å². The first-order valence-corrected chi connectivity index (χ1v) is 13.5. The van der Waals surface area contributed by atoms with Crippen LogP contribution in [0.4, 0.5) is 11.8 Å². The normalized spacial score (nSPS) is 22.6. The Morgan fingerprint density at radius 3 is 2.46 bits per heavy atom. The Morgan fingerprint density at radius 2 is 1.80 bits per heavy atom. The highest BCUT2D eigenvalue weighted by molar-refractivity contribution is 5.73. The quantitative estimate of drug-likeness (QED) is 0.469. The maximum absolute atomic E-state index is 9.92. The van der Waals surface area contributed by atoms with Crippen molar-refractivity contribution < 1.29 is 5.11 Å². The number of piperazine rings is 1. The van der Waals surface area contributed by atoms with Crippen molar-refractivity contribution in [3.05, 3.63) is 30.1 Å². The molecule has 2 aliphatic rings. The van der Waals surface area contributed by atoms with Gasteiger partial charge < -0.3 is 20.6 Å². The minimum Gasteiger partial charge on any atom is -0.393 e. The van der Waals surface area contributed by atoms with E-state index >= 15 is 0 Å². The van der Waals surface area contributed by atoms with Crippen LogP contribution >= 0.6 is 0 Å². The van der Waals surface area contributed by atoms with Gasteiger partial charge in [0.05, 0.1) is 17.4 Å². The molecule has 0 spiro atoms. The Labute approximate surface area is 210 Å². The lowest BCUT2D eigenvalue weighted by molar-refractivity contribution is 0.126. The van der Waals surface area contributed by atoms with Gasteiger partial charge in [-0.15, -0.1) is 0 Å². The zero-order valence-electron chi connectivity index (χ0n) is 21.7. The van der Waals surface area contributed by atoms with Crippen LogP contribution in [0.15, 0.2) is 24.5 Å². The fourth-order valence-corrected chi connectivity index (χ4v) is 5.01. The molecule has 1 saturated heterocycles. The monoisotopic (exact) mass is 481 g/mol. The van der Waals surface area contributed by atoms with Crippen molar-refractivity contribution in [3.63, 3.8) is 0 Å². The van der Waals surface area contributed by atoms with Gasteiger partial charge in [0.1, 0.15) is 5.82 Å². The van der Waals surface area contributed by atoms with E-state index in [4.69, 9.17) is 9.97 Å². The zero-order chi connectivity index (χ0) is 24.6. The molecule has 0 bridgehead atoms. The second-order valence-corrected chi connectivity index (χ2v) is 10.3. The molecule has 3 N–H and O–H groups in total. The molecule has 2 aromatic rings. The predicted octanol–water partition coefficient (Wildman–Crippen LogP) is 3.99. The van der Waals surface area contributed by atoms with E-state index in [0.29, 0.717) is 18.0 Å². The van der Waals surface area contributed by atoms with Crippen molar-refractivity contribution in [2.45, 2.75) is 83.5 Å². The Bertz CT molecular complexity index is 906. The highest BCUT2D eigenvalue weighted by Crippen LogP contribution is 2.29. The Kier molecular flexibility index (Phi) is 9.29. The van der Waals surface area contributed by atoms with Gasteiger partial charge in [-0.25, -0.2) is 4.98 Å². The molecule has 1 unspecified atom stereocenters. The molecule has 0 radical (unpaired) electrons. The van der Waals surface area contributed by atoms with Gasteiger partial charge in [0.15, 0.2) is 0 Å². The van der Waals surface area contributed by atoms with Gasteiger partial charge in [0.25, 0.3) is 0 Å². The number of aliphatic hydroxyl groups is 1. The molecule has 4 rings (SSSR count). The highest BCUT2D eigenvalue weighted by Gasteiger charge is 2.22. The molecule has 192 valence electrons. The average molecular weight is 482 g/mol. The molecule has 2 fully saturated rings. The molecule has 2 aromatic heterocycles. The van der Waals surface area contributed by atoms with Crippen LogP contribution < -0.4 is 10.6 Å². The van der Waals surface area contributed by atoms with E-state index in [9.17, 15) is 5.11 Å². The Morgan fingerprint density at radius 1 is 1.03 bits per heavy atom. The smallest absolute Gasteiger partial charge is 0.224 e. The summed E-state index contributed by atoms with van der Waals surface area (Å²) >= 11 is 0. The SMILES string of the molecule is CCCC(CC)Nc1ncc(-c2ccc(CN3CCN(C)CC3)cn2)c(N[C@H]2CC[C@H](O)CC2)n1. The maximum atomic E-state index is 9.92. The summed E-state index contributed by atoms with van der Waals surface area (Å²) in [6.07, 6.45) is 10.5.